The fourth-order valence-corrected chi connectivity index (χ4v) is 4.19. The van der Waals surface area contributed by atoms with Crippen LogP contribution in [0.5, 0.6) is 0 Å². The van der Waals surface area contributed by atoms with Gasteiger partial charge in [-0.3, -0.25) is 14.5 Å². The Balaban J connectivity index is 1.79. The summed E-state index contributed by atoms with van der Waals surface area (Å²) in [6.07, 6.45) is 1.13. The summed E-state index contributed by atoms with van der Waals surface area (Å²) in [5.41, 5.74) is 0.405. The number of nitrogens with zero attached hydrogens (tertiary/aromatic N) is 2. The van der Waals surface area contributed by atoms with E-state index in [1.165, 1.54) is 16.4 Å². The average molecular weight is 381 g/mol. The second kappa shape index (κ2) is 7.54. The number of amides is 2. The van der Waals surface area contributed by atoms with Crippen molar-refractivity contribution in [1.82, 2.24) is 9.21 Å². The van der Waals surface area contributed by atoms with Crippen molar-refractivity contribution in [2.75, 3.05) is 44.8 Å². The highest BCUT2D eigenvalue weighted by molar-refractivity contribution is 7.89. The number of β-amino-alcohol motifs (C(OH)–C–C–N with tert-alkyl or cyclic N) is 1. The standard InChI is InChI=1S/C16H19N3O6S/c20-7-4-19-15(21)11-14(16(19)22)17-12-2-1-3-13(10-12)26(23,24)18-5-8-25-9-6-18/h1-3,10-11,17,20H,4-9H2. The number of carbonyl (C=O) groups excluding carboxylic acids is 2. The van der Waals surface area contributed by atoms with Gasteiger partial charge < -0.3 is 15.2 Å². The summed E-state index contributed by atoms with van der Waals surface area (Å²) < 4.78 is 31.9. The lowest BCUT2D eigenvalue weighted by Gasteiger charge is -2.26. The lowest BCUT2D eigenvalue weighted by Crippen LogP contribution is -2.40. The molecule has 2 heterocycles. The Bertz CT molecular complexity index is 845. The molecule has 3 rings (SSSR count). The van der Waals surface area contributed by atoms with Crippen LogP contribution in [0.4, 0.5) is 5.69 Å². The number of nitrogens with one attached hydrogen (secondary N) is 1. The Morgan fingerprint density at radius 1 is 1.19 bits per heavy atom. The van der Waals surface area contributed by atoms with Crippen molar-refractivity contribution in [3.63, 3.8) is 0 Å². The molecule has 26 heavy (non-hydrogen) atoms. The quantitative estimate of drug-likeness (QED) is 0.630. The van der Waals surface area contributed by atoms with Crippen LogP contribution >= 0.6 is 0 Å². The Morgan fingerprint density at radius 3 is 2.62 bits per heavy atom. The maximum Gasteiger partial charge on any atom is 0.277 e. The van der Waals surface area contributed by atoms with Crippen LogP contribution < -0.4 is 5.32 Å². The zero-order valence-electron chi connectivity index (χ0n) is 13.9. The van der Waals surface area contributed by atoms with Gasteiger partial charge in [0.2, 0.25) is 10.0 Å². The molecule has 0 saturated carbocycles. The Labute approximate surface area is 150 Å². The first-order valence-electron chi connectivity index (χ1n) is 8.07. The third-order valence-electron chi connectivity index (χ3n) is 4.05. The van der Waals surface area contributed by atoms with Gasteiger partial charge in [-0.05, 0) is 18.2 Å². The van der Waals surface area contributed by atoms with Gasteiger partial charge in [0.1, 0.15) is 5.70 Å². The molecule has 10 heteroatoms. The minimum atomic E-state index is -3.66. The third-order valence-corrected chi connectivity index (χ3v) is 5.95. The van der Waals surface area contributed by atoms with Crippen molar-refractivity contribution >= 4 is 27.5 Å². The van der Waals surface area contributed by atoms with E-state index < -0.39 is 21.8 Å². The number of sulfonamides is 1. The number of hydrogen-bond donors (Lipinski definition) is 2. The summed E-state index contributed by atoms with van der Waals surface area (Å²) >= 11 is 0. The number of morpholine rings is 1. The van der Waals surface area contributed by atoms with Crippen LogP contribution in [-0.2, 0) is 24.3 Å². The molecule has 2 amide bonds. The summed E-state index contributed by atoms with van der Waals surface area (Å²) in [5, 5.41) is 11.7. The van der Waals surface area contributed by atoms with Crippen LogP contribution in [0, 0.1) is 0 Å². The number of ether oxygens (including phenoxy) is 1. The molecule has 140 valence electrons. The molecule has 0 spiro atoms. The fourth-order valence-electron chi connectivity index (χ4n) is 2.74. The molecule has 0 atom stereocenters. The first kappa shape index (κ1) is 18.5. The molecule has 0 aliphatic carbocycles. The molecule has 0 aromatic heterocycles. The zero-order valence-corrected chi connectivity index (χ0v) is 14.7. The SMILES string of the molecule is O=C1C=C(Nc2cccc(S(=O)(=O)N3CCOCC3)c2)C(=O)N1CCO. The van der Waals surface area contributed by atoms with E-state index >= 15 is 0 Å². The van der Waals surface area contributed by atoms with E-state index in [0.717, 1.165) is 11.0 Å². The van der Waals surface area contributed by atoms with Gasteiger partial charge in [0.05, 0.1) is 31.3 Å². The predicted molar refractivity (Wildman–Crippen MR) is 91.5 cm³/mol. The first-order valence-corrected chi connectivity index (χ1v) is 9.51. The molecule has 2 aliphatic heterocycles. The van der Waals surface area contributed by atoms with Crippen LogP contribution in [-0.4, -0.2) is 74.0 Å². The molecule has 2 aliphatic rings. The van der Waals surface area contributed by atoms with Crippen molar-refractivity contribution in [2.45, 2.75) is 4.90 Å². The minimum absolute atomic E-state index is 0.0318. The number of anilines is 1. The molecule has 1 aromatic rings. The van der Waals surface area contributed by atoms with Crippen LogP contribution in [0.3, 0.4) is 0 Å². The highest BCUT2D eigenvalue weighted by Gasteiger charge is 2.31. The number of aliphatic hydroxyl groups is 1. The van der Waals surface area contributed by atoms with E-state index in [9.17, 15) is 18.0 Å². The van der Waals surface area contributed by atoms with Crippen LogP contribution in [0.1, 0.15) is 0 Å². The van der Waals surface area contributed by atoms with E-state index in [0.29, 0.717) is 18.9 Å². The van der Waals surface area contributed by atoms with Gasteiger partial charge in [-0.2, -0.15) is 4.31 Å². The molecule has 9 nitrogen and oxygen atoms in total. The number of imide groups is 1. The second-order valence-corrected chi connectivity index (χ2v) is 7.68. The number of rotatable bonds is 6. The highest BCUT2D eigenvalue weighted by atomic mass is 32.2. The average Bonchev–Trinajstić information content (AvgIpc) is 2.90. The Hall–Kier alpha value is -2.27. The molecular formula is C16H19N3O6S. The normalized spacial score (nSPS) is 19.0. The zero-order chi connectivity index (χ0) is 18.7. The Kier molecular flexibility index (Phi) is 5.37. The maximum absolute atomic E-state index is 12.7. The Morgan fingerprint density at radius 2 is 1.92 bits per heavy atom. The topological polar surface area (TPSA) is 116 Å². The first-order chi connectivity index (χ1) is 12.4. The third kappa shape index (κ3) is 3.63. The summed E-state index contributed by atoms with van der Waals surface area (Å²) in [7, 11) is -3.66. The van der Waals surface area contributed by atoms with Gasteiger partial charge in [0, 0.05) is 24.9 Å². The van der Waals surface area contributed by atoms with E-state index in [1.807, 2.05) is 0 Å². The monoisotopic (exact) mass is 381 g/mol. The number of carbonyl (C=O) groups is 2. The number of aliphatic hydroxyl groups excluding tert-OH is 1. The summed E-state index contributed by atoms with van der Waals surface area (Å²) in [5.74, 6) is -1.09. The molecule has 1 saturated heterocycles. The second-order valence-electron chi connectivity index (χ2n) is 5.75. The van der Waals surface area contributed by atoms with Gasteiger partial charge in [-0.25, -0.2) is 8.42 Å². The molecular weight excluding hydrogens is 362 g/mol. The van der Waals surface area contributed by atoms with Crippen LogP contribution in [0.2, 0.25) is 0 Å². The summed E-state index contributed by atoms with van der Waals surface area (Å²) in [6.45, 7) is 0.849. The van der Waals surface area contributed by atoms with E-state index in [2.05, 4.69) is 5.32 Å². The predicted octanol–water partition coefficient (Wildman–Crippen LogP) is -0.636. The number of hydrogen-bond acceptors (Lipinski definition) is 7. The number of benzene rings is 1. The maximum atomic E-state index is 12.7. The van der Waals surface area contributed by atoms with Crippen molar-refractivity contribution in [1.29, 1.82) is 0 Å². The molecule has 1 aromatic carbocycles. The minimum Gasteiger partial charge on any atom is -0.395 e. The van der Waals surface area contributed by atoms with E-state index in [4.69, 9.17) is 9.84 Å². The van der Waals surface area contributed by atoms with Crippen molar-refractivity contribution in [3.05, 3.63) is 36.0 Å². The van der Waals surface area contributed by atoms with Gasteiger partial charge in [0.15, 0.2) is 0 Å². The van der Waals surface area contributed by atoms with Crippen molar-refractivity contribution < 1.29 is 27.9 Å². The van der Waals surface area contributed by atoms with Gasteiger partial charge in [0.25, 0.3) is 11.8 Å². The smallest absolute Gasteiger partial charge is 0.277 e. The summed E-state index contributed by atoms with van der Waals surface area (Å²) in [4.78, 5) is 24.9. The van der Waals surface area contributed by atoms with Gasteiger partial charge in [-0.1, -0.05) is 6.07 Å². The van der Waals surface area contributed by atoms with Gasteiger partial charge >= 0.3 is 0 Å². The van der Waals surface area contributed by atoms with Crippen molar-refractivity contribution in [3.8, 4) is 0 Å². The summed E-state index contributed by atoms with van der Waals surface area (Å²) in [6, 6.07) is 6.05. The lowest BCUT2D eigenvalue weighted by atomic mass is 10.3. The molecule has 1 fully saturated rings. The molecule has 0 radical (unpaired) electrons. The van der Waals surface area contributed by atoms with Crippen LogP contribution in [0.15, 0.2) is 40.9 Å². The van der Waals surface area contributed by atoms with Crippen LogP contribution in [0.25, 0.3) is 0 Å². The molecule has 0 bridgehead atoms. The molecule has 2 N–H and O–H groups in total. The fraction of sp³-hybridized carbons (Fsp3) is 0.375. The van der Waals surface area contributed by atoms with E-state index in [-0.39, 0.29) is 36.8 Å². The molecule has 0 unspecified atom stereocenters. The largest absolute Gasteiger partial charge is 0.395 e. The van der Waals surface area contributed by atoms with Gasteiger partial charge in [-0.15, -0.1) is 0 Å². The van der Waals surface area contributed by atoms with Crippen molar-refractivity contribution in [2.24, 2.45) is 0 Å². The highest BCUT2D eigenvalue weighted by Crippen LogP contribution is 2.23. The van der Waals surface area contributed by atoms with E-state index in [1.54, 1.807) is 12.1 Å². The lowest BCUT2D eigenvalue weighted by molar-refractivity contribution is -0.137.